The van der Waals surface area contributed by atoms with Gasteiger partial charge in [0.2, 0.25) is 0 Å². The molecule has 0 unspecified atom stereocenters. The van der Waals surface area contributed by atoms with E-state index in [0.29, 0.717) is 10.0 Å². The summed E-state index contributed by atoms with van der Waals surface area (Å²) in [7, 11) is 0. The molecule has 0 bridgehead atoms. The van der Waals surface area contributed by atoms with Crippen molar-refractivity contribution in [3.05, 3.63) is 29.8 Å². The van der Waals surface area contributed by atoms with Gasteiger partial charge in [0.25, 0.3) is 0 Å². The van der Waals surface area contributed by atoms with E-state index in [2.05, 4.69) is 16.0 Å². The van der Waals surface area contributed by atoms with Crippen LogP contribution in [0.1, 0.15) is 10.4 Å². The molecule has 2 nitrogen and oxygen atoms in total. The van der Waals surface area contributed by atoms with Crippen LogP contribution in [0.4, 0.5) is 0 Å². The molecule has 0 aliphatic rings. The van der Waals surface area contributed by atoms with E-state index < -0.39 is 5.97 Å². The number of carbonyl (C=O) groups is 1. The van der Waals surface area contributed by atoms with Crippen molar-refractivity contribution in [1.29, 1.82) is 0 Å². The van der Waals surface area contributed by atoms with Gasteiger partial charge in [0, 0.05) is 0 Å². The monoisotopic (exact) mass is 201 g/mol. The fourth-order valence-corrected chi connectivity index (χ4v) is 1.13. The van der Waals surface area contributed by atoms with Gasteiger partial charge < -0.3 is 0 Å². The van der Waals surface area contributed by atoms with E-state index in [9.17, 15) is 4.79 Å². The average molecular weight is 200 g/mol. The number of hydrogen-bond donors (Lipinski definition) is 1. The third-order valence-corrected chi connectivity index (χ3v) is 1.86. The molecule has 10 heavy (non-hydrogen) atoms. The van der Waals surface area contributed by atoms with Gasteiger partial charge in [0.1, 0.15) is 0 Å². The number of aromatic carboxylic acids is 1. The molecule has 0 saturated heterocycles. The minimum atomic E-state index is -0.894. The molecule has 0 amide bonds. The van der Waals surface area contributed by atoms with Gasteiger partial charge in [-0.15, -0.1) is 0 Å². The molecule has 0 aliphatic heterocycles. The molecule has 0 aliphatic carbocycles. The van der Waals surface area contributed by atoms with Gasteiger partial charge in [0.15, 0.2) is 0 Å². The third-order valence-electron chi connectivity index (χ3n) is 1.12. The molecule has 0 spiro atoms. The van der Waals surface area contributed by atoms with Crippen molar-refractivity contribution < 1.29 is 9.90 Å². The van der Waals surface area contributed by atoms with Crippen LogP contribution < -0.4 is 4.46 Å². The van der Waals surface area contributed by atoms with Crippen LogP contribution in [-0.2, 0) is 0 Å². The van der Waals surface area contributed by atoms with Gasteiger partial charge >= 0.3 is 66.2 Å². The summed E-state index contributed by atoms with van der Waals surface area (Å²) in [6.45, 7) is 0. The summed E-state index contributed by atoms with van der Waals surface area (Å²) in [5.74, 6) is -0.894. The van der Waals surface area contributed by atoms with Crippen LogP contribution in [0.3, 0.4) is 0 Å². The Labute approximate surface area is 66.7 Å². The van der Waals surface area contributed by atoms with Crippen molar-refractivity contribution in [2.45, 2.75) is 0 Å². The molecule has 1 aromatic rings. The molecular formula is C7H5O2Se. The van der Waals surface area contributed by atoms with Gasteiger partial charge in [-0.05, 0) is 0 Å². The van der Waals surface area contributed by atoms with E-state index in [-0.39, 0.29) is 0 Å². The molecule has 0 saturated carbocycles. The number of carboxylic acids is 1. The van der Waals surface area contributed by atoms with E-state index in [1.165, 1.54) is 0 Å². The van der Waals surface area contributed by atoms with Gasteiger partial charge in [-0.3, -0.25) is 0 Å². The SMILES string of the molecule is O=C(O)c1ccccc1[Se]. The summed E-state index contributed by atoms with van der Waals surface area (Å²) >= 11 is 2.67. The number of hydrogen-bond acceptors (Lipinski definition) is 1. The van der Waals surface area contributed by atoms with Crippen LogP contribution in [0.25, 0.3) is 0 Å². The van der Waals surface area contributed by atoms with Gasteiger partial charge in [-0.1, -0.05) is 0 Å². The van der Waals surface area contributed by atoms with Crippen LogP contribution in [0.2, 0.25) is 0 Å². The average Bonchev–Trinajstić information content (AvgIpc) is 1.88. The normalized spacial score (nSPS) is 9.20. The molecule has 0 heterocycles. The Morgan fingerprint density at radius 2 is 2.00 bits per heavy atom. The molecule has 1 aromatic carbocycles. The maximum absolute atomic E-state index is 10.4. The number of benzene rings is 1. The fraction of sp³-hybridized carbons (Fsp3) is 0. The first-order chi connectivity index (χ1) is 4.72. The van der Waals surface area contributed by atoms with Crippen LogP contribution in [0.5, 0.6) is 0 Å². The predicted molar refractivity (Wildman–Crippen MR) is 38.8 cm³/mol. The Bertz CT molecular complexity index is 258. The summed E-state index contributed by atoms with van der Waals surface area (Å²) < 4.78 is 0.676. The van der Waals surface area contributed by atoms with Gasteiger partial charge in [-0.25, -0.2) is 0 Å². The molecule has 0 fully saturated rings. The quantitative estimate of drug-likeness (QED) is 0.656. The summed E-state index contributed by atoms with van der Waals surface area (Å²) in [6, 6.07) is 6.78. The Balaban J connectivity index is 3.15. The molecule has 1 radical (unpaired) electrons. The first-order valence-corrected chi connectivity index (χ1v) is 3.57. The van der Waals surface area contributed by atoms with E-state index in [1.54, 1.807) is 24.3 Å². The first kappa shape index (κ1) is 7.32. The number of carboxylic acid groups (broad SMARTS) is 1. The van der Waals surface area contributed by atoms with E-state index in [1.807, 2.05) is 0 Å². The van der Waals surface area contributed by atoms with Crippen molar-refractivity contribution in [1.82, 2.24) is 0 Å². The Morgan fingerprint density at radius 1 is 1.40 bits per heavy atom. The zero-order valence-electron chi connectivity index (χ0n) is 5.07. The molecule has 0 aromatic heterocycles. The first-order valence-electron chi connectivity index (χ1n) is 2.71. The van der Waals surface area contributed by atoms with Crippen LogP contribution >= 0.6 is 0 Å². The van der Waals surface area contributed by atoms with E-state index in [4.69, 9.17) is 5.11 Å². The van der Waals surface area contributed by atoms with Crippen molar-refractivity contribution in [3.63, 3.8) is 0 Å². The number of rotatable bonds is 1. The Kier molecular flexibility index (Phi) is 2.09. The second-order valence-electron chi connectivity index (χ2n) is 1.80. The molecule has 51 valence electrons. The van der Waals surface area contributed by atoms with Crippen molar-refractivity contribution in [2.24, 2.45) is 0 Å². The zero-order valence-corrected chi connectivity index (χ0v) is 6.79. The summed E-state index contributed by atoms with van der Waals surface area (Å²) in [5, 5.41) is 8.55. The van der Waals surface area contributed by atoms with E-state index >= 15 is 0 Å². The fourth-order valence-electron chi connectivity index (χ4n) is 0.643. The second kappa shape index (κ2) is 2.86. The Morgan fingerprint density at radius 3 is 2.40 bits per heavy atom. The molecule has 3 heteroatoms. The summed E-state index contributed by atoms with van der Waals surface area (Å²) in [6.07, 6.45) is 0. The third kappa shape index (κ3) is 1.38. The molecule has 0 atom stereocenters. The van der Waals surface area contributed by atoms with Gasteiger partial charge in [0.05, 0.1) is 0 Å². The second-order valence-corrected chi connectivity index (χ2v) is 2.72. The summed E-state index contributed by atoms with van der Waals surface area (Å²) in [4.78, 5) is 10.4. The molecule has 1 rings (SSSR count). The zero-order chi connectivity index (χ0) is 7.56. The van der Waals surface area contributed by atoms with Crippen molar-refractivity contribution >= 4 is 26.4 Å². The summed E-state index contributed by atoms with van der Waals surface area (Å²) in [5.41, 5.74) is 0.322. The van der Waals surface area contributed by atoms with Crippen molar-refractivity contribution in [3.8, 4) is 0 Å². The van der Waals surface area contributed by atoms with Crippen LogP contribution in [0.15, 0.2) is 24.3 Å². The van der Waals surface area contributed by atoms with Crippen LogP contribution in [-0.4, -0.2) is 27.1 Å². The predicted octanol–water partition coefficient (Wildman–Crippen LogP) is 0.179. The minimum absolute atomic E-state index is 0.322. The van der Waals surface area contributed by atoms with E-state index in [0.717, 1.165) is 0 Å². The van der Waals surface area contributed by atoms with Crippen LogP contribution in [0, 0.1) is 0 Å². The van der Waals surface area contributed by atoms with Gasteiger partial charge in [-0.2, -0.15) is 0 Å². The van der Waals surface area contributed by atoms with Crippen molar-refractivity contribution in [2.75, 3.05) is 0 Å². The Hall–Kier alpha value is -0.791. The maximum atomic E-state index is 10.4. The standard InChI is InChI=1S/C7H5O2Se/c8-7(9)5-3-1-2-4-6(5)10/h1-4H,(H,8,9). The molecular weight excluding hydrogens is 195 g/mol. The molecule has 1 N–H and O–H groups in total. The topological polar surface area (TPSA) is 37.3 Å².